The number of aromatic nitrogens is 2. The molecule has 3 heterocycles. The zero-order valence-corrected chi connectivity index (χ0v) is 29.6. The first-order valence-corrected chi connectivity index (χ1v) is 17.8. The maximum Gasteiger partial charge on any atom is 0.403 e. The van der Waals surface area contributed by atoms with Crippen LogP contribution in [0.25, 0.3) is 11.0 Å². The molecule has 0 spiro atoms. The molecule has 4 aromatic rings. The van der Waals surface area contributed by atoms with Gasteiger partial charge in [0.2, 0.25) is 6.23 Å². The molecule has 4 N–H and O–H groups in total. The normalized spacial score (nSPS) is 19.9. The Hall–Kier alpha value is -4.55. The van der Waals surface area contributed by atoms with Crippen molar-refractivity contribution in [3.05, 3.63) is 93.9 Å². The van der Waals surface area contributed by atoms with Crippen LogP contribution >= 0.6 is 7.75 Å². The van der Waals surface area contributed by atoms with Gasteiger partial charge < -0.3 is 38.5 Å². The number of aliphatic hydroxyl groups excluding tert-OH is 2. The fourth-order valence-electron chi connectivity index (χ4n) is 5.42. The predicted molar refractivity (Wildman–Crippen MR) is 179 cm³/mol. The highest BCUT2D eigenvalue weighted by atomic mass is 31.2. The number of hydrogen-bond acceptors (Lipinski definition) is 13. The van der Waals surface area contributed by atoms with Crippen molar-refractivity contribution in [3.63, 3.8) is 0 Å². The number of alkyl halides is 2. The minimum Gasteiger partial charge on any atom is -0.497 e. The molecule has 0 amide bonds. The summed E-state index contributed by atoms with van der Waals surface area (Å²) < 4.78 is 75.1. The highest BCUT2D eigenvalue weighted by molar-refractivity contribution is 7.50. The molecule has 53 heavy (non-hydrogen) atoms. The van der Waals surface area contributed by atoms with E-state index in [2.05, 4.69) is 10.1 Å². The van der Waals surface area contributed by atoms with E-state index >= 15 is 8.78 Å². The Kier molecular flexibility index (Phi) is 12.4. The molecule has 2 aromatic carbocycles. The van der Waals surface area contributed by atoms with Crippen molar-refractivity contribution in [3.8, 4) is 5.75 Å². The molecule has 1 saturated heterocycles. The molecule has 286 valence electrons. The number of furan rings is 1. The third-order valence-electron chi connectivity index (χ3n) is 8.20. The van der Waals surface area contributed by atoms with Crippen LogP contribution in [0.15, 0.2) is 70.0 Å². The molecule has 2 unspecified atom stereocenters. The van der Waals surface area contributed by atoms with Crippen LogP contribution in [0.4, 0.5) is 8.78 Å². The van der Waals surface area contributed by atoms with Gasteiger partial charge in [-0.15, -0.1) is 0 Å². The molecule has 1 fully saturated rings. The van der Waals surface area contributed by atoms with Crippen molar-refractivity contribution in [2.24, 2.45) is 5.92 Å². The second kappa shape index (κ2) is 16.6. The largest absolute Gasteiger partial charge is 0.497 e. The zero-order valence-electron chi connectivity index (χ0n) is 28.7. The Morgan fingerprint density at radius 2 is 1.85 bits per heavy atom. The molecule has 19 heteroatoms. The summed E-state index contributed by atoms with van der Waals surface area (Å²) in [5, 5.41) is 22.8. The van der Waals surface area contributed by atoms with Crippen molar-refractivity contribution < 1.29 is 65.9 Å². The van der Waals surface area contributed by atoms with Crippen LogP contribution in [0.5, 0.6) is 5.75 Å². The SMILES string of the molecule is COc1cc(CO)c2oc(COC(=O)Cc3ccn([C@@H]4OC(COP(=O)(O)N[C@H](C(=O)OCc5ccccc5)C(C)C)[C@@H](O)C4(F)F)c(=O)n3)cc2c1. The fraction of sp³-hybridized carbons (Fsp3) is 0.412. The van der Waals surface area contributed by atoms with E-state index < -0.39 is 74.7 Å². The summed E-state index contributed by atoms with van der Waals surface area (Å²) in [6.07, 6.45) is -6.50. The van der Waals surface area contributed by atoms with Crippen molar-refractivity contribution >= 4 is 30.7 Å². The minimum atomic E-state index is -4.87. The number of carbonyl (C=O) groups excluding carboxylic acids is 2. The Morgan fingerprint density at radius 1 is 1.11 bits per heavy atom. The van der Waals surface area contributed by atoms with Crippen LogP contribution < -0.4 is 15.5 Å². The van der Waals surface area contributed by atoms with Crippen molar-refractivity contribution in [2.45, 2.75) is 70.5 Å². The number of fused-ring (bicyclic) bond motifs is 1. The van der Waals surface area contributed by atoms with Crippen LogP contribution in [0.2, 0.25) is 0 Å². The van der Waals surface area contributed by atoms with Gasteiger partial charge in [-0.05, 0) is 35.7 Å². The summed E-state index contributed by atoms with van der Waals surface area (Å²) in [7, 11) is -3.40. The number of esters is 2. The number of hydrogen-bond donors (Lipinski definition) is 4. The molecule has 0 radical (unpaired) electrons. The van der Waals surface area contributed by atoms with Crippen LogP contribution in [-0.2, 0) is 59.1 Å². The summed E-state index contributed by atoms with van der Waals surface area (Å²) in [6.45, 7) is 1.39. The van der Waals surface area contributed by atoms with Crippen molar-refractivity contribution in [2.75, 3.05) is 13.7 Å². The Labute approximate surface area is 300 Å². The first kappa shape index (κ1) is 39.7. The number of benzene rings is 2. The van der Waals surface area contributed by atoms with Crippen molar-refractivity contribution in [1.29, 1.82) is 0 Å². The van der Waals surface area contributed by atoms with Gasteiger partial charge in [0, 0.05) is 17.1 Å². The molecule has 1 aliphatic heterocycles. The molecule has 0 aliphatic carbocycles. The number of rotatable bonds is 16. The van der Waals surface area contributed by atoms with E-state index in [1.165, 1.54) is 7.11 Å². The number of halogens is 2. The van der Waals surface area contributed by atoms with Crippen molar-refractivity contribution in [1.82, 2.24) is 14.6 Å². The third-order valence-corrected chi connectivity index (χ3v) is 9.31. The Balaban J connectivity index is 1.17. The smallest absolute Gasteiger partial charge is 0.403 e. The number of aliphatic hydroxyl groups is 2. The van der Waals surface area contributed by atoms with E-state index in [0.717, 1.165) is 12.3 Å². The van der Waals surface area contributed by atoms with Gasteiger partial charge in [0.1, 0.15) is 42.5 Å². The highest BCUT2D eigenvalue weighted by Crippen LogP contribution is 2.45. The summed E-state index contributed by atoms with van der Waals surface area (Å²) in [6, 6.07) is 13.3. The van der Waals surface area contributed by atoms with E-state index in [0.29, 0.717) is 32.4 Å². The minimum absolute atomic E-state index is 0.105. The molecule has 0 saturated carbocycles. The number of carbonyl (C=O) groups is 2. The van der Waals surface area contributed by atoms with Gasteiger partial charge in [-0.1, -0.05) is 44.2 Å². The topological polar surface area (TPSA) is 218 Å². The van der Waals surface area contributed by atoms with Crippen LogP contribution in [-0.4, -0.2) is 74.5 Å². The van der Waals surface area contributed by atoms with E-state index in [1.807, 2.05) is 0 Å². The highest BCUT2D eigenvalue weighted by Gasteiger charge is 2.60. The first-order valence-electron chi connectivity index (χ1n) is 16.2. The first-order chi connectivity index (χ1) is 25.1. The average molecular weight is 766 g/mol. The molecule has 0 bridgehead atoms. The monoisotopic (exact) mass is 765 g/mol. The second-order valence-corrected chi connectivity index (χ2v) is 14.0. The lowest BCUT2D eigenvalue weighted by molar-refractivity contribution is -0.148. The lowest BCUT2D eigenvalue weighted by Gasteiger charge is -2.24. The number of ether oxygens (including phenoxy) is 4. The lowest BCUT2D eigenvalue weighted by Crippen LogP contribution is -2.42. The fourth-order valence-corrected chi connectivity index (χ4v) is 6.60. The van der Waals surface area contributed by atoms with Gasteiger partial charge in [0.25, 0.3) is 0 Å². The summed E-state index contributed by atoms with van der Waals surface area (Å²) in [5.41, 5.74) is 0.151. The zero-order chi connectivity index (χ0) is 38.5. The summed E-state index contributed by atoms with van der Waals surface area (Å²) >= 11 is 0. The number of nitrogens with zero attached hydrogens (tertiary/aromatic N) is 2. The second-order valence-electron chi connectivity index (χ2n) is 12.4. The van der Waals surface area contributed by atoms with Crippen LogP contribution in [0.1, 0.15) is 42.7 Å². The molecule has 5 rings (SSSR count). The summed E-state index contributed by atoms with van der Waals surface area (Å²) in [4.78, 5) is 52.1. The molecular formula is C34H38F2N3O13P. The number of nitrogens with one attached hydrogen (secondary N) is 1. The van der Waals surface area contributed by atoms with E-state index in [9.17, 15) is 34.1 Å². The van der Waals surface area contributed by atoms with E-state index in [4.69, 9.17) is 27.9 Å². The predicted octanol–water partition coefficient (Wildman–Crippen LogP) is 3.14. The van der Waals surface area contributed by atoms with Gasteiger partial charge >= 0.3 is 31.3 Å². The van der Waals surface area contributed by atoms with E-state index in [1.54, 1.807) is 62.4 Å². The van der Waals surface area contributed by atoms with Gasteiger partial charge in [-0.25, -0.2) is 14.4 Å². The lowest BCUT2D eigenvalue weighted by atomic mass is 10.1. The maximum atomic E-state index is 15.2. The standard InChI is InChI=1S/C34H38F2N3O13P/c1-19(2)28(31(43)49-16-20-7-5-4-6-8-20)38-53(45,46)50-18-26-30(42)34(35,36)32(52-26)39-10-9-23(37-33(39)44)14-27(41)48-17-25-12-21-11-24(47-3)13-22(15-40)29(21)51-25/h4-13,19,26,28,30,32,40,42H,14-18H2,1-3H3,(H2,38,45,46)/t26?,28-,30+,32+/m0/s1. The molecular weight excluding hydrogens is 727 g/mol. The maximum absolute atomic E-state index is 15.2. The van der Waals surface area contributed by atoms with Crippen LogP contribution in [0.3, 0.4) is 0 Å². The Morgan fingerprint density at radius 3 is 2.51 bits per heavy atom. The van der Waals surface area contributed by atoms with Crippen LogP contribution in [0, 0.1) is 5.92 Å². The number of methoxy groups -OCH3 is 1. The molecule has 5 atom stereocenters. The van der Waals surface area contributed by atoms with Gasteiger partial charge in [-0.2, -0.15) is 13.8 Å². The third kappa shape index (κ3) is 9.52. The molecule has 2 aromatic heterocycles. The average Bonchev–Trinajstić information content (AvgIpc) is 3.64. The van der Waals surface area contributed by atoms with E-state index in [-0.39, 0.29) is 31.3 Å². The molecule has 1 aliphatic rings. The molecule has 16 nitrogen and oxygen atoms in total. The Bertz CT molecular complexity index is 2020. The van der Waals surface area contributed by atoms with Gasteiger partial charge in [0.15, 0.2) is 6.10 Å². The quantitative estimate of drug-likeness (QED) is 0.0952. The van der Waals surface area contributed by atoms with Gasteiger partial charge in [0.05, 0.1) is 32.4 Å². The van der Waals surface area contributed by atoms with Gasteiger partial charge in [-0.3, -0.25) is 18.7 Å². The summed E-state index contributed by atoms with van der Waals surface area (Å²) in [5.74, 6) is -5.59.